The zero-order chi connectivity index (χ0) is 17.2. The van der Waals surface area contributed by atoms with Gasteiger partial charge in [0.05, 0.1) is 18.1 Å². The van der Waals surface area contributed by atoms with Gasteiger partial charge in [0.15, 0.2) is 0 Å². The van der Waals surface area contributed by atoms with E-state index < -0.39 is 0 Å². The fraction of sp³-hybridized carbons (Fsp3) is 0.333. The van der Waals surface area contributed by atoms with Gasteiger partial charge >= 0.3 is 0 Å². The Kier molecular flexibility index (Phi) is 3.17. The lowest BCUT2D eigenvalue weighted by Gasteiger charge is -2.09. The molecular weight excluding hydrogens is 294 g/mol. The molecule has 0 aliphatic rings. The molecule has 4 rings (SSSR count). The first kappa shape index (κ1) is 15.1. The molecule has 0 unspecified atom stereocenters. The maximum atomic E-state index is 5.06. The van der Waals surface area contributed by atoms with E-state index in [4.69, 9.17) is 4.98 Å². The third-order valence-electron chi connectivity index (χ3n) is 5.34. The maximum absolute atomic E-state index is 5.06. The molecule has 0 saturated heterocycles. The predicted octanol–water partition coefficient (Wildman–Crippen LogP) is 4.51. The maximum Gasteiger partial charge on any atom is 0.265 e. The van der Waals surface area contributed by atoms with Crippen LogP contribution in [-0.2, 0) is 7.05 Å². The van der Waals surface area contributed by atoms with Crippen LogP contribution in [0, 0.1) is 20.8 Å². The SMILES string of the molecule is Cc1c(C)n(C)[n+]2c1c1ccccc1c1nc(C(C)C)cc(C)c12. The Morgan fingerprint density at radius 3 is 2.33 bits per heavy atom. The van der Waals surface area contributed by atoms with Crippen molar-refractivity contribution in [2.45, 2.75) is 40.5 Å². The van der Waals surface area contributed by atoms with Crippen LogP contribution in [0.15, 0.2) is 30.3 Å². The second kappa shape index (κ2) is 5.04. The number of aromatic nitrogens is 3. The molecule has 4 aromatic rings. The Hall–Kier alpha value is -2.42. The van der Waals surface area contributed by atoms with Gasteiger partial charge in [0.2, 0.25) is 5.52 Å². The topological polar surface area (TPSA) is 21.9 Å². The van der Waals surface area contributed by atoms with Crippen molar-refractivity contribution >= 4 is 27.3 Å². The molecule has 0 spiro atoms. The highest BCUT2D eigenvalue weighted by Gasteiger charge is 2.26. The molecular formula is C21H24N3+. The van der Waals surface area contributed by atoms with Crippen molar-refractivity contribution in [3.63, 3.8) is 0 Å². The van der Waals surface area contributed by atoms with Crippen molar-refractivity contribution in [3.05, 3.63) is 52.8 Å². The molecule has 24 heavy (non-hydrogen) atoms. The smallest absolute Gasteiger partial charge is 0.245 e. The number of fused-ring (bicyclic) bond motifs is 6. The van der Waals surface area contributed by atoms with Gasteiger partial charge in [-0.15, -0.1) is 0 Å². The number of nitrogens with zero attached hydrogens (tertiary/aromatic N) is 3. The van der Waals surface area contributed by atoms with Gasteiger partial charge in [-0.25, -0.2) is 4.98 Å². The van der Waals surface area contributed by atoms with Gasteiger partial charge in [0.1, 0.15) is 5.52 Å². The number of hydrogen-bond acceptors (Lipinski definition) is 1. The van der Waals surface area contributed by atoms with Crippen molar-refractivity contribution in [1.82, 2.24) is 9.67 Å². The molecule has 0 fully saturated rings. The van der Waals surface area contributed by atoms with E-state index >= 15 is 0 Å². The summed E-state index contributed by atoms with van der Waals surface area (Å²) in [5, 5.41) is 2.52. The minimum absolute atomic E-state index is 0.421. The highest BCUT2D eigenvalue weighted by Crippen LogP contribution is 2.30. The molecule has 0 aliphatic heterocycles. The summed E-state index contributed by atoms with van der Waals surface area (Å²) in [6.07, 6.45) is 0. The number of pyridine rings is 2. The van der Waals surface area contributed by atoms with Crippen LogP contribution in [0.2, 0.25) is 0 Å². The third-order valence-corrected chi connectivity index (χ3v) is 5.34. The van der Waals surface area contributed by atoms with E-state index in [1.54, 1.807) is 0 Å². The first-order valence-electron chi connectivity index (χ1n) is 8.61. The van der Waals surface area contributed by atoms with E-state index in [-0.39, 0.29) is 0 Å². The van der Waals surface area contributed by atoms with E-state index in [1.807, 2.05) is 0 Å². The Bertz CT molecular complexity index is 1120. The molecule has 0 radical (unpaired) electrons. The molecule has 3 nitrogen and oxygen atoms in total. The van der Waals surface area contributed by atoms with Gasteiger partial charge in [-0.3, -0.25) is 0 Å². The summed E-state index contributed by atoms with van der Waals surface area (Å²) in [6.45, 7) is 11.0. The lowest BCUT2D eigenvalue weighted by Crippen LogP contribution is -2.33. The zero-order valence-corrected chi connectivity index (χ0v) is 15.3. The Morgan fingerprint density at radius 1 is 1.00 bits per heavy atom. The average molecular weight is 318 g/mol. The van der Waals surface area contributed by atoms with Crippen LogP contribution >= 0.6 is 0 Å². The van der Waals surface area contributed by atoms with Crippen LogP contribution in [0.25, 0.3) is 27.3 Å². The van der Waals surface area contributed by atoms with Gasteiger partial charge in [-0.1, -0.05) is 36.6 Å². The molecule has 122 valence electrons. The van der Waals surface area contributed by atoms with E-state index in [0.717, 1.165) is 11.2 Å². The van der Waals surface area contributed by atoms with Crippen molar-refractivity contribution in [2.24, 2.45) is 7.05 Å². The van der Waals surface area contributed by atoms with Gasteiger partial charge in [0.25, 0.3) is 5.52 Å². The Balaban J connectivity index is 2.41. The second-order valence-electron chi connectivity index (χ2n) is 7.16. The van der Waals surface area contributed by atoms with Crippen molar-refractivity contribution in [1.29, 1.82) is 0 Å². The molecule has 3 heteroatoms. The van der Waals surface area contributed by atoms with E-state index in [2.05, 4.69) is 81.2 Å². The van der Waals surface area contributed by atoms with Gasteiger partial charge in [0, 0.05) is 22.2 Å². The van der Waals surface area contributed by atoms with Gasteiger partial charge < -0.3 is 0 Å². The molecule has 0 aliphatic carbocycles. The van der Waals surface area contributed by atoms with Crippen LogP contribution in [0.5, 0.6) is 0 Å². The largest absolute Gasteiger partial charge is 0.265 e. The van der Waals surface area contributed by atoms with Crippen LogP contribution in [-0.4, -0.2) is 9.67 Å². The molecule has 0 N–H and O–H groups in total. The molecule has 0 atom stereocenters. The first-order chi connectivity index (χ1) is 11.4. The quantitative estimate of drug-likeness (QED) is 0.374. The van der Waals surface area contributed by atoms with Crippen molar-refractivity contribution in [2.75, 3.05) is 0 Å². The molecule has 3 heterocycles. The van der Waals surface area contributed by atoms with Crippen molar-refractivity contribution < 1.29 is 4.52 Å². The standard InChI is InChI=1S/C21H24N3/c1-12(2)18-11-13(3)20-19(22-18)16-9-7-8-10-17(16)21-14(4)15(5)23(6)24(20)21/h7-12H,1-6H3/q+1. The number of benzene rings is 1. The molecule has 0 amide bonds. The predicted molar refractivity (Wildman–Crippen MR) is 99.7 cm³/mol. The van der Waals surface area contributed by atoms with Crippen LogP contribution in [0.1, 0.15) is 42.3 Å². The molecule has 1 aromatic carbocycles. The highest BCUT2D eigenvalue weighted by molar-refractivity contribution is 6.09. The fourth-order valence-corrected chi connectivity index (χ4v) is 3.79. The lowest BCUT2D eigenvalue weighted by atomic mass is 10.0. The van der Waals surface area contributed by atoms with E-state index in [0.29, 0.717) is 5.92 Å². The summed E-state index contributed by atoms with van der Waals surface area (Å²) in [5.41, 5.74) is 8.68. The van der Waals surface area contributed by atoms with E-state index in [9.17, 15) is 0 Å². The normalized spacial score (nSPS) is 12.1. The zero-order valence-electron chi connectivity index (χ0n) is 15.3. The summed E-state index contributed by atoms with van der Waals surface area (Å²) < 4.78 is 4.60. The third kappa shape index (κ3) is 1.84. The number of rotatable bonds is 1. The first-order valence-corrected chi connectivity index (χ1v) is 8.61. The van der Waals surface area contributed by atoms with Crippen LogP contribution in [0.3, 0.4) is 0 Å². The van der Waals surface area contributed by atoms with E-state index in [1.165, 1.54) is 38.6 Å². The van der Waals surface area contributed by atoms with Gasteiger partial charge in [-0.2, -0.15) is 4.68 Å². The Morgan fingerprint density at radius 2 is 1.67 bits per heavy atom. The van der Waals surface area contributed by atoms with Crippen LogP contribution < -0.4 is 4.52 Å². The summed E-state index contributed by atoms with van der Waals surface area (Å²) in [5.74, 6) is 0.421. The second-order valence-corrected chi connectivity index (χ2v) is 7.16. The Labute approximate surface area is 142 Å². The molecule has 0 bridgehead atoms. The minimum Gasteiger partial charge on any atom is -0.245 e. The average Bonchev–Trinajstić information content (AvgIpc) is 2.79. The van der Waals surface area contributed by atoms with Crippen molar-refractivity contribution in [3.8, 4) is 0 Å². The summed E-state index contributed by atoms with van der Waals surface area (Å²) in [7, 11) is 2.14. The molecule has 0 saturated carbocycles. The number of aryl methyl sites for hydroxylation is 3. The summed E-state index contributed by atoms with van der Waals surface area (Å²) >= 11 is 0. The number of hydrogen-bond donors (Lipinski definition) is 0. The fourth-order valence-electron chi connectivity index (χ4n) is 3.79. The van der Waals surface area contributed by atoms with Crippen LogP contribution in [0.4, 0.5) is 0 Å². The minimum atomic E-state index is 0.421. The summed E-state index contributed by atoms with van der Waals surface area (Å²) in [6, 6.07) is 10.9. The van der Waals surface area contributed by atoms with Gasteiger partial charge in [-0.05, 0) is 38.8 Å². The monoisotopic (exact) mass is 318 g/mol. The highest BCUT2D eigenvalue weighted by atomic mass is 15.4. The molecule has 3 aromatic heterocycles. The lowest BCUT2D eigenvalue weighted by molar-refractivity contribution is -0.580. The summed E-state index contributed by atoms with van der Waals surface area (Å²) in [4.78, 5) is 5.06.